The van der Waals surface area contributed by atoms with Gasteiger partial charge in [0.2, 0.25) is 5.89 Å². The highest BCUT2D eigenvalue weighted by atomic mass is 16.5. The fourth-order valence-corrected chi connectivity index (χ4v) is 1.82. The standard InChI is InChI=1S/C15H17NO3/c1-3-18-14(17)10-9-13-11(2)19-15(16-13)12-7-5-4-6-8-12/h4-8H,3,9-10H2,1-2H3. The molecule has 19 heavy (non-hydrogen) atoms. The summed E-state index contributed by atoms with van der Waals surface area (Å²) in [7, 11) is 0. The Labute approximate surface area is 112 Å². The number of carbonyl (C=O) groups is 1. The summed E-state index contributed by atoms with van der Waals surface area (Å²) >= 11 is 0. The lowest BCUT2D eigenvalue weighted by atomic mass is 10.2. The maximum Gasteiger partial charge on any atom is 0.306 e. The fraction of sp³-hybridized carbons (Fsp3) is 0.333. The molecule has 0 saturated carbocycles. The molecule has 1 aromatic carbocycles. The van der Waals surface area contributed by atoms with Crippen LogP contribution in [0.3, 0.4) is 0 Å². The van der Waals surface area contributed by atoms with Crippen molar-refractivity contribution < 1.29 is 13.9 Å². The fourth-order valence-electron chi connectivity index (χ4n) is 1.82. The topological polar surface area (TPSA) is 52.3 Å². The van der Waals surface area contributed by atoms with E-state index in [1.165, 1.54) is 0 Å². The van der Waals surface area contributed by atoms with Gasteiger partial charge in [-0.15, -0.1) is 0 Å². The first-order valence-corrected chi connectivity index (χ1v) is 6.38. The van der Waals surface area contributed by atoms with Crippen molar-refractivity contribution in [3.8, 4) is 11.5 Å². The molecule has 0 spiro atoms. The second-order valence-corrected chi connectivity index (χ2v) is 4.19. The summed E-state index contributed by atoms with van der Waals surface area (Å²) in [5, 5.41) is 0. The third kappa shape index (κ3) is 3.44. The summed E-state index contributed by atoms with van der Waals surface area (Å²) in [6, 6.07) is 9.71. The van der Waals surface area contributed by atoms with Gasteiger partial charge < -0.3 is 9.15 Å². The number of rotatable bonds is 5. The molecule has 100 valence electrons. The quantitative estimate of drug-likeness (QED) is 0.774. The highest BCUT2D eigenvalue weighted by Crippen LogP contribution is 2.22. The van der Waals surface area contributed by atoms with Gasteiger partial charge in [0.25, 0.3) is 0 Å². The van der Waals surface area contributed by atoms with Crippen molar-refractivity contribution in [3.63, 3.8) is 0 Å². The molecule has 2 rings (SSSR count). The van der Waals surface area contributed by atoms with Crippen molar-refractivity contribution in [3.05, 3.63) is 41.8 Å². The highest BCUT2D eigenvalue weighted by Gasteiger charge is 2.12. The lowest BCUT2D eigenvalue weighted by Gasteiger charge is -1.99. The highest BCUT2D eigenvalue weighted by molar-refractivity contribution is 5.69. The van der Waals surface area contributed by atoms with E-state index < -0.39 is 0 Å². The van der Waals surface area contributed by atoms with Crippen LogP contribution in [0.2, 0.25) is 0 Å². The summed E-state index contributed by atoms with van der Waals surface area (Å²) in [5.74, 6) is 1.14. The normalized spacial score (nSPS) is 10.4. The second-order valence-electron chi connectivity index (χ2n) is 4.19. The average Bonchev–Trinajstić information content (AvgIpc) is 2.79. The minimum absolute atomic E-state index is 0.203. The van der Waals surface area contributed by atoms with Crippen LogP contribution >= 0.6 is 0 Å². The number of hydrogen-bond acceptors (Lipinski definition) is 4. The number of oxazole rings is 1. The molecule has 4 heteroatoms. The number of benzene rings is 1. The van der Waals surface area contributed by atoms with Crippen LogP contribution in [0.25, 0.3) is 11.5 Å². The number of ether oxygens (including phenoxy) is 1. The minimum atomic E-state index is -0.203. The maximum absolute atomic E-state index is 11.3. The van der Waals surface area contributed by atoms with Crippen LogP contribution in [0.1, 0.15) is 24.8 Å². The van der Waals surface area contributed by atoms with Crippen molar-refractivity contribution in [2.45, 2.75) is 26.7 Å². The Hall–Kier alpha value is -2.10. The minimum Gasteiger partial charge on any atom is -0.466 e. The third-order valence-electron chi connectivity index (χ3n) is 2.78. The number of hydrogen-bond donors (Lipinski definition) is 0. The van der Waals surface area contributed by atoms with E-state index in [9.17, 15) is 4.79 Å². The van der Waals surface area contributed by atoms with Crippen LogP contribution in [-0.4, -0.2) is 17.6 Å². The molecule has 0 aliphatic rings. The van der Waals surface area contributed by atoms with Crippen molar-refractivity contribution in [1.29, 1.82) is 0 Å². The van der Waals surface area contributed by atoms with E-state index >= 15 is 0 Å². The van der Waals surface area contributed by atoms with Gasteiger partial charge in [-0.3, -0.25) is 4.79 Å². The molecular formula is C15H17NO3. The van der Waals surface area contributed by atoms with Crippen LogP contribution < -0.4 is 0 Å². The molecule has 0 aliphatic carbocycles. The zero-order chi connectivity index (χ0) is 13.7. The Morgan fingerprint density at radius 3 is 2.74 bits per heavy atom. The Bertz CT molecular complexity index is 546. The summed E-state index contributed by atoms with van der Waals surface area (Å²) in [5.41, 5.74) is 1.75. The first kappa shape index (κ1) is 13.3. The van der Waals surface area contributed by atoms with E-state index in [0.717, 1.165) is 17.0 Å². The van der Waals surface area contributed by atoms with Gasteiger partial charge in [-0.1, -0.05) is 18.2 Å². The number of aryl methyl sites for hydroxylation is 2. The van der Waals surface area contributed by atoms with E-state index in [2.05, 4.69) is 4.98 Å². The molecule has 0 amide bonds. The lowest BCUT2D eigenvalue weighted by Crippen LogP contribution is -2.05. The second kappa shape index (κ2) is 6.18. The molecule has 0 atom stereocenters. The van der Waals surface area contributed by atoms with Gasteiger partial charge in [0.15, 0.2) is 0 Å². The molecule has 0 saturated heterocycles. The first-order valence-electron chi connectivity index (χ1n) is 6.38. The Kier molecular flexibility index (Phi) is 4.34. The molecule has 0 aliphatic heterocycles. The number of carbonyl (C=O) groups excluding carboxylic acids is 1. The van der Waals surface area contributed by atoms with E-state index in [1.54, 1.807) is 6.92 Å². The zero-order valence-electron chi connectivity index (χ0n) is 11.2. The van der Waals surface area contributed by atoms with Gasteiger partial charge >= 0.3 is 5.97 Å². The van der Waals surface area contributed by atoms with Crippen molar-refractivity contribution in [1.82, 2.24) is 4.98 Å². The zero-order valence-corrected chi connectivity index (χ0v) is 11.2. The van der Waals surface area contributed by atoms with Crippen LogP contribution in [0.15, 0.2) is 34.7 Å². The summed E-state index contributed by atoms with van der Waals surface area (Å²) in [6.07, 6.45) is 0.871. The number of esters is 1. The third-order valence-corrected chi connectivity index (χ3v) is 2.78. The molecule has 0 bridgehead atoms. The van der Waals surface area contributed by atoms with Gasteiger partial charge in [0.1, 0.15) is 5.76 Å². The Balaban J connectivity index is 2.07. The predicted molar refractivity (Wildman–Crippen MR) is 71.6 cm³/mol. The molecule has 2 aromatic rings. The van der Waals surface area contributed by atoms with E-state index in [-0.39, 0.29) is 5.97 Å². The molecule has 0 N–H and O–H groups in total. The molecule has 1 heterocycles. The molecular weight excluding hydrogens is 242 g/mol. The van der Waals surface area contributed by atoms with E-state index in [0.29, 0.717) is 25.3 Å². The largest absolute Gasteiger partial charge is 0.466 e. The van der Waals surface area contributed by atoms with Crippen LogP contribution in [0.5, 0.6) is 0 Å². The number of aromatic nitrogens is 1. The van der Waals surface area contributed by atoms with Crippen LogP contribution in [0, 0.1) is 6.92 Å². The first-order chi connectivity index (χ1) is 9.20. The summed E-state index contributed by atoms with van der Waals surface area (Å²) in [6.45, 7) is 4.07. The molecule has 0 radical (unpaired) electrons. The maximum atomic E-state index is 11.3. The van der Waals surface area contributed by atoms with Crippen molar-refractivity contribution in [2.24, 2.45) is 0 Å². The lowest BCUT2D eigenvalue weighted by molar-refractivity contribution is -0.143. The van der Waals surface area contributed by atoms with Gasteiger partial charge in [-0.05, 0) is 26.0 Å². The van der Waals surface area contributed by atoms with E-state index in [1.807, 2.05) is 37.3 Å². The monoisotopic (exact) mass is 259 g/mol. The Morgan fingerprint density at radius 2 is 2.05 bits per heavy atom. The van der Waals surface area contributed by atoms with Gasteiger partial charge in [0.05, 0.1) is 18.7 Å². The SMILES string of the molecule is CCOC(=O)CCc1nc(-c2ccccc2)oc1C. The summed E-state index contributed by atoms with van der Waals surface area (Å²) in [4.78, 5) is 15.8. The smallest absolute Gasteiger partial charge is 0.306 e. The number of nitrogens with zero attached hydrogens (tertiary/aromatic N) is 1. The molecule has 0 fully saturated rings. The predicted octanol–water partition coefficient (Wildman–Crippen LogP) is 3.15. The van der Waals surface area contributed by atoms with E-state index in [4.69, 9.17) is 9.15 Å². The van der Waals surface area contributed by atoms with Crippen molar-refractivity contribution in [2.75, 3.05) is 6.61 Å². The average molecular weight is 259 g/mol. The summed E-state index contributed by atoms with van der Waals surface area (Å²) < 4.78 is 10.5. The van der Waals surface area contributed by atoms with Gasteiger partial charge in [0, 0.05) is 12.0 Å². The van der Waals surface area contributed by atoms with Gasteiger partial charge in [-0.25, -0.2) is 4.98 Å². The molecule has 1 aromatic heterocycles. The van der Waals surface area contributed by atoms with Gasteiger partial charge in [-0.2, -0.15) is 0 Å². The molecule has 0 unspecified atom stereocenters. The van der Waals surface area contributed by atoms with Crippen LogP contribution in [0.4, 0.5) is 0 Å². The van der Waals surface area contributed by atoms with Crippen LogP contribution in [-0.2, 0) is 16.0 Å². The molecule has 4 nitrogen and oxygen atoms in total. The van der Waals surface area contributed by atoms with Crippen molar-refractivity contribution >= 4 is 5.97 Å². The Morgan fingerprint density at radius 1 is 1.32 bits per heavy atom.